The Balaban J connectivity index is 1.76. The molecule has 1 amide bonds. The van der Waals surface area contributed by atoms with Crippen LogP contribution in [0.4, 0.5) is 24.5 Å². The average Bonchev–Trinajstić information content (AvgIpc) is 3.26. The number of aromatic nitrogens is 2. The summed E-state index contributed by atoms with van der Waals surface area (Å²) in [5.41, 5.74) is 1.66. The van der Waals surface area contributed by atoms with Crippen LogP contribution in [0.25, 0.3) is 15.9 Å². The predicted molar refractivity (Wildman–Crippen MR) is 95.4 cm³/mol. The number of rotatable bonds is 5. The molecule has 1 aliphatic heterocycles. The molecule has 144 valence electrons. The van der Waals surface area contributed by atoms with Crippen molar-refractivity contribution in [2.75, 3.05) is 18.4 Å². The fraction of sp³-hybridized carbons (Fsp3) is 0.500. The zero-order valence-corrected chi connectivity index (χ0v) is 14.8. The number of fused-ring (bicyclic) bond motifs is 1. The van der Waals surface area contributed by atoms with Crippen molar-refractivity contribution in [1.82, 2.24) is 14.9 Å². The number of hydrogen-bond donors (Lipinski definition) is 2. The van der Waals surface area contributed by atoms with Crippen LogP contribution in [0.2, 0.25) is 0 Å². The van der Waals surface area contributed by atoms with Crippen LogP contribution in [0, 0.1) is 12.5 Å². The van der Waals surface area contributed by atoms with E-state index in [4.69, 9.17) is 6.57 Å². The summed E-state index contributed by atoms with van der Waals surface area (Å²) in [4.78, 5) is 24.4. The van der Waals surface area contributed by atoms with Crippen LogP contribution in [-0.4, -0.2) is 46.1 Å². The van der Waals surface area contributed by atoms with Crippen molar-refractivity contribution in [3.63, 3.8) is 0 Å². The molecule has 9 heteroatoms. The summed E-state index contributed by atoms with van der Waals surface area (Å²) in [5, 5.41) is 4.14. The SMILES string of the molecule is [C-]#[N+]c1cnc2[nH]ccc2c1N[C@H]1CN(C(=O)CCC(F)(F)F)C[C@H]1CC. The summed E-state index contributed by atoms with van der Waals surface area (Å²) in [6.07, 6.45) is -1.98. The summed E-state index contributed by atoms with van der Waals surface area (Å²) in [6, 6.07) is 1.69. The minimum absolute atomic E-state index is 0.0978. The molecule has 3 heterocycles. The average molecular weight is 379 g/mol. The van der Waals surface area contributed by atoms with Crippen LogP contribution in [0.3, 0.4) is 0 Å². The van der Waals surface area contributed by atoms with Gasteiger partial charge < -0.3 is 15.2 Å². The number of carbonyl (C=O) groups excluding carboxylic acids is 1. The van der Waals surface area contributed by atoms with Crippen molar-refractivity contribution in [2.45, 2.75) is 38.4 Å². The van der Waals surface area contributed by atoms with Gasteiger partial charge in [-0.2, -0.15) is 13.2 Å². The van der Waals surface area contributed by atoms with E-state index in [1.54, 1.807) is 6.20 Å². The fourth-order valence-electron chi connectivity index (χ4n) is 3.48. The van der Waals surface area contributed by atoms with E-state index in [-0.39, 0.29) is 12.0 Å². The highest BCUT2D eigenvalue weighted by Crippen LogP contribution is 2.35. The molecule has 27 heavy (non-hydrogen) atoms. The second-order valence-electron chi connectivity index (χ2n) is 6.70. The number of halogens is 3. The highest BCUT2D eigenvalue weighted by molar-refractivity contribution is 5.96. The van der Waals surface area contributed by atoms with Crippen LogP contribution < -0.4 is 5.32 Å². The third-order valence-corrected chi connectivity index (χ3v) is 4.96. The zero-order chi connectivity index (χ0) is 19.6. The number of carbonyl (C=O) groups is 1. The van der Waals surface area contributed by atoms with Gasteiger partial charge >= 0.3 is 6.18 Å². The van der Waals surface area contributed by atoms with E-state index in [9.17, 15) is 18.0 Å². The van der Waals surface area contributed by atoms with Gasteiger partial charge in [-0.3, -0.25) is 9.78 Å². The predicted octanol–water partition coefficient (Wildman–Crippen LogP) is 4.11. The van der Waals surface area contributed by atoms with Gasteiger partial charge in [0, 0.05) is 43.3 Å². The molecule has 1 saturated heterocycles. The van der Waals surface area contributed by atoms with Gasteiger partial charge in [-0.1, -0.05) is 6.92 Å². The number of nitrogens with one attached hydrogen (secondary N) is 2. The van der Waals surface area contributed by atoms with Gasteiger partial charge in [0.05, 0.1) is 18.7 Å². The molecule has 2 atom stereocenters. The van der Waals surface area contributed by atoms with Crippen molar-refractivity contribution < 1.29 is 18.0 Å². The van der Waals surface area contributed by atoms with E-state index >= 15 is 0 Å². The Morgan fingerprint density at radius 1 is 1.48 bits per heavy atom. The van der Waals surface area contributed by atoms with Crippen molar-refractivity contribution in [3.8, 4) is 0 Å². The number of amides is 1. The molecular formula is C18H20F3N5O. The second kappa shape index (κ2) is 7.47. The molecule has 0 bridgehead atoms. The van der Waals surface area contributed by atoms with Crippen LogP contribution >= 0.6 is 0 Å². The van der Waals surface area contributed by atoms with Crippen molar-refractivity contribution in [3.05, 3.63) is 29.9 Å². The van der Waals surface area contributed by atoms with Gasteiger partial charge in [0.1, 0.15) is 5.65 Å². The van der Waals surface area contributed by atoms with Crippen molar-refractivity contribution >= 4 is 28.3 Å². The Morgan fingerprint density at radius 3 is 2.93 bits per heavy atom. The zero-order valence-electron chi connectivity index (χ0n) is 14.8. The number of pyridine rings is 1. The highest BCUT2D eigenvalue weighted by atomic mass is 19.4. The van der Waals surface area contributed by atoms with E-state index < -0.39 is 24.9 Å². The molecule has 0 spiro atoms. The quantitative estimate of drug-likeness (QED) is 0.769. The summed E-state index contributed by atoms with van der Waals surface area (Å²) < 4.78 is 37.2. The molecule has 2 aromatic rings. The van der Waals surface area contributed by atoms with E-state index in [2.05, 4.69) is 20.1 Å². The maximum atomic E-state index is 12.4. The number of likely N-dealkylation sites (tertiary alicyclic amines) is 1. The molecule has 2 N–H and O–H groups in total. The molecule has 2 aromatic heterocycles. The first-order valence-corrected chi connectivity index (χ1v) is 8.77. The maximum Gasteiger partial charge on any atom is 0.389 e. The summed E-state index contributed by atoms with van der Waals surface area (Å²) in [5.74, 6) is -0.387. The normalized spacial score (nSPS) is 20.0. The molecule has 1 fully saturated rings. The Morgan fingerprint density at radius 2 is 2.26 bits per heavy atom. The van der Waals surface area contributed by atoms with E-state index in [0.717, 1.165) is 11.8 Å². The summed E-state index contributed by atoms with van der Waals surface area (Å²) >= 11 is 0. The van der Waals surface area contributed by atoms with Crippen LogP contribution in [-0.2, 0) is 4.79 Å². The fourth-order valence-corrected chi connectivity index (χ4v) is 3.48. The van der Waals surface area contributed by atoms with E-state index in [0.29, 0.717) is 30.1 Å². The van der Waals surface area contributed by atoms with Crippen LogP contribution in [0.1, 0.15) is 26.2 Å². The molecular weight excluding hydrogens is 359 g/mol. The van der Waals surface area contributed by atoms with Gasteiger partial charge in [0.2, 0.25) is 11.6 Å². The van der Waals surface area contributed by atoms with Gasteiger partial charge in [-0.05, 0) is 18.4 Å². The topological polar surface area (TPSA) is 65.4 Å². The smallest absolute Gasteiger partial charge is 0.388 e. The first-order chi connectivity index (χ1) is 12.8. The third kappa shape index (κ3) is 4.15. The first kappa shape index (κ1) is 19.0. The Labute approximate surface area is 154 Å². The standard InChI is InChI=1S/C18H20F3N5O/c1-3-11-9-26(15(27)4-6-18(19,20)21)10-14(11)25-16-12-5-7-23-17(12)24-8-13(16)22-2/h5,7-8,11,14H,3-4,6,9-10H2,1H3,(H2,23,24,25)/t11-,14+/m1/s1. The first-order valence-electron chi connectivity index (χ1n) is 8.77. The van der Waals surface area contributed by atoms with Gasteiger partial charge in [0.15, 0.2) is 0 Å². The molecule has 1 aliphatic rings. The molecule has 0 saturated carbocycles. The largest absolute Gasteiger partial charge is 0.389 e. The van der Waals surface area contributed by atoms with Crippen molar-refractivity contribution in [1.29, 1.82) is 0 Å². The van der Waals surface area contributed by atoms with Gasteiger partial charge in [-0.15, -0.1) is 0 Å². The van der Waals surface area contributed by atoms with Gasteiger partial charge in [0.25, 0.3) is 0 Å². The monoisotopic (exact) mass is 379 g/mol. The Hall–Kier alpha value is -2.76. The number of nitrogens with zero attached hydrogens (tertiary/aromatic N) is 3. The number of hydrogen-bond acceptors (Lipinski definition) is 3. The number of aromatic amines is 1. The molecule has 3 rings (SSSR count). The highest BCUT2D eigenvalue weighted by Gasteiger charge is 2.36. The minimum atomic E-state index is -4.33. The number of anilines is 1. The lowest BCUT2D eigenvalue weighted by atomic mass is 10.0. The van der Waals surface area contributed by atoms with E-state index in [1.165, 1.54) is 11.1 Å². The molecule has 0 unspecified atom stereocenters. The second-order valence-corrected chi connectivity index (χ2v) is 6.70. The van der Waals surface area contributed by atoms with Crippen LogP contribution in [0.15, 0.2) is 18.5 Å². The molecule has 6 nitrogen and oxygen atoms in total. The molecule has 0 aliphatic carbocycles. The lowest BCUT2D eigenvalue weighted by molar-refractivity contribution is -0.148. The summed E-state index contributed by atoms with van der Waals surface area (Å²) in [7, 11) is 0. The third-order valence-electron chi connectivity index (χ3n) is 4.96. The minimum Gasteiger partial charge on any atom is -0.388 e. The number of H-pyrrole nitrogens is 1. The Kier molecular flexibility index (Phi) is 5.26. The molecule has 0 radical (unpaired) electrons. The van der Waals surface area contributed by atoms with Crippen LogP contribution in [0.5, 0.6) is 0 Å². The summed E-state index contributed by atoms with van der Waals surface area (Å²) in [6.45, 7) is 10.1. The van der Waals surface area contributed by atoms with Gasteiger partial charge in [-0.25, -0.2) is 4.85 Å². The number of alkyl halides is 3. The van der Waals surface area contributed by atoms with Crippen molar-refractivity contribution in [2.24, 2.45) is 5.92 Å². The lowest BCUT2D eigenvalue weighted by Crippen LogP contribution is -2.32. The molecule has 0 aromatic carbocycles. The Bertz CT molecular complexity index is 870. The lowest BCUT2D eigenvalue weighted by Gasteiger charge is -2.21. The van der Waals surface area contributed by atoms with E-state index in [1.807, 2.05) is 13.0 Å². The maximum absolute atomic E-state index is 12.4.